The van der Waals surface area contributed by atoms with Crippen LogP contribution in [0.4, 0.5) is 5.82 Å². The fourth-order valence-corrected chi connectivity index (χ4v) is 0.990. The van der Waals surface area contributed by atoms with Crippen LogP contribution >= 0.6 is 0 Å². The fraction of sp³-hybridized carbons (Fsp3) is 0.444. The van der Waals surface area contributed by atoms with Crippen LogP contribution in [0.5, 0.6) is 0 Å². The van der Waals surface area contributed by atoms with Gasteiger partial charge in [-0.1, -0.05) is 6.92 Å². The zero-order valence-corrected chi connectivity index (χ0v) is 8.49. The molecule has 1 unspecified atom stereocenters. The number of amides is 1. The minimum Gasteiger partial charge on any atom is -0.327 e. The number of nitrogens with zero attached hydrogens (tertiary/aromatic N) is 1. The minimum atomic E-state index is -0.307. The topological polar surface area (TPSA) is 101 Å². The number of anilines is 1. The number of aromatic nitrogens is 2. The molecule has 1 rings (SSSR count). The summed E-state index contributed by atoms with van der Waals surface area (Å²) < 4.78 is 0. The molecule has 0 saturated carbocycles. The first-order valence-electron chi connectivity index (χ1n) is 4.73. The van der Waals surface area contributed by atoms with Gasteiger partial charge in [0.1, 0.15) is 0 Å². The van der Waals surface area contributed by atoms with Crippen LogP contribution in [-0.2, 0) is 4.79 Å². The lowest BCUT2D eigenvalue weighted by molar-refractivity contribution is -0.116. The van der Waals surface area contributed by atoms with E-state index >= 15 is 0 Å². The lowest BCUT2D eigenvalue weighted by Crippen LogP contribution is -2.26. The molecule has 0 bridgehead atoms. The Hall–Kier alpha value is -1.69. The van der Waals surface area contributed by atoms with E-state index in [-0.39, 0.29) is 23.9 Å². The molecule has 0 aliphatic heterocycles. The summed E-state index contributed by atoms with van der Waals surface area (Å²) in [5, 5.41) is 8.40. The first-order chi connectivity index (χ1) is 7.11. The zero-order valence-electron chi connectivity index (χ0n) is 8.49. The van der Waals surface area contributed by atoms with Crippen LogP contribution in [0.1, 0.15) is 19.8 Å². The molecule has 0 fully saturated rings. The molecule has 1 amide bonds. The quantitative estimate of drug-likeness (QED) is 0.642. The van der Waals surface area contributed by atoms with Gasteiger partial charge in [-0.05, 0) is 12.5 Å². The summed E-state index contributed by atoms with van der Waals surface area (Å²) in [7, 11) is 0. The van der Waals surface area contributed by atoms with Gasteiger partial charge in [-0.2, -0.15) is 5.10 Å². The maximum absolute atomic E-state index is 11.3. The zero-order chi connectivity index (χ0) is 11.3. The molecule has 1 heterocycles. The number of hydrogen-bond acceptors (Lipinski definition) is 4. The second-order valence-electron chi connectivity index (χ2n) is 3.23. The number of H-pyrrole nitrogens is 1. The van der Waals surface area contributed by atoms with Crippen LogP contribution in [0.3, 0.4) is 0 Å². The minimum absolute atomic E-state index is 0.146. The Morgan fingerprint density at radius 2 is 2.40 bits per heavy atom. The lowest BCUT2D eigenvalue weighted by Gasteiger charge is -2.07. The maximum atomic E-state index is 11.3. The van der Waals surface area contributed by atoms with E-state index in [1.807, 2.05) is 6.92 Å². The number of carbonyl (C=O) groups excluding carboxylic acids is 1. The third kappa shape index (κ3) is 3.90. The van der Waals surface area contributed by atoms with Gasteiger partial charge in [0.2, 0.25) is 5.91 Å². The van der Waals surface area contributed by atoms with Gasteiger partial charge < -0.3 is 11.1 Å². The van der Waals surface area contributed by atoms with Crippen molar-refractivity contribution in [3.05, 3.63) is 22.5 Å². The van der Waals surface area contributed by atoms with E-state index in [4.69, 9.17) is 5.73 Å². The van der Waals surface area contributed by atoms with E-state index in [9.17, 15) is 9.59 Å². The van der Waals surface area contributed by atoms with E-state index in [1.54, 1.807) is 0 Å². The summed E-state index contributed by atoms with van der Waals surface area (Å²) in [6.07, 6.45) is 0.990. The second-order valence-corrected chi connectivity index (χ2v) is 3.23. The van der Waals surface area contributed by atoms with Gasteiger partial charge in [-0.3, -0.25) is 9.59 Å². The Bertz CT molecular complexity index is 367. The normalized spacial score (nSPS) is 12.1. The molecule has 15 heavy (non-hydrogen) atoms. The molecular formula is C9H14N4O2. The first-order valence-corrected chi connectivity index (χ1v) is 4.73. The van der Waals surface area contributed by atoms with E-state index < -0.39 is 0 Å². The third-order valence-corrected chi connectivity index (χ3v) is 1.92. The van der Waals surface area contributed by atoms with Crippen LogP contribution in [0.25, 0.3) is 0 Å². The highest BCUT2D eigenvalue weighted by atomic mass is 16.2. The highest BCUT2D eigenvalue weighted by Crippen LogP contribution is 2.00. The van der Waals surface area contributed by atoms with Gasteiger partial charge in [0.25, 0.3) is 5.56 Å². The Kier molecular flexibility index (Phi) is 3.99. The standard InChI is InChI=1S/C9H14N4O2/c1-2-6(10)5-9(15)11-7-3-4-8(14)13-12-7/h3-4,6H,2,5,10H2,1H3,(H,13,14)(H,11,12,15). The fourth-order valence-electron chi connectivity index (χ4n) is 0.990. The van der Waals surface area contributed by atoms with Crippen molar-refractivity contribution in [1.82, 2.24) is 10.2 Å². The van der Waals surface area contributed by atoms with Crippen molar-refractivity contribution in [2.75, 3.05) is 5.32 Å². The van der Waals surface area contributed by atoms with Gasteiger partial charge >= 0.3 is 0 Å². The molecule has 0 saturated heterocycles. The van der Waals surface area contributed by atoms with Crippen LogP contribution in [0.15, 0.2) is 16.9 Å². The van der Waals surface area contributed by atoms with Crippen LogP contribution in [0.2, 0.25) is 0 Å². The number of nitrogens with one attached hydrogen (secondary N) is 2. The molecule has 1 aromatic heterocycles. The predicted molar refractivity (Wildman–Crippen MR) is 56.4 cm³/mol. The number of rotatable bonds is 4. The van der Waals surface area contributed by atoms with Gasteiger partial charge in [-0.25, -0.2) is 5.10 Å². The van der Waals surface area contributed by atoms with Gasteiger partial charge in [0, 0.05) is 18.5 Å². The molecule has 0 spiro atoms. The van der Waals surface area contributed by atoms with Crippen LogP contribution in [0, 0.1) is 0 Å². The summed E-state index contributed by atoms with van der Waals surface area (Å²) in [6, 6.07) is 2.59. The Balaban J connectivity index is 2.51. The third-order valence-electron chi connectivity index (χ3n) is 1.92. The molecule has 0 radical (unpaired) electrons. The SMILES string of the molecule is CCC(N)CC(=O)Nc1ccc(=O)[nH]n1. The van der Waals surface area contributed by atoms with Gasteiger partial charge in [0.15, 0.2) is 5.82 Å². The molecule has 1 atom stereocenters. The van der Waals surface area contributed by atoms with Crippen molar-refractivity contribution in [2.45, 2.75) is 25.8 Å². The largest absolute Gasteiger partial charge is 0.327 e. The smallest absolute Gasteiger partial charge is 0.264 e. The Morgan fingerprint density at radius 1 is 1.67 bits per heavy atom. The molecular weight excluding hydrogens is 196 g/mol. The molecule has 4 N–H and O–H groups in total. The summed E-state index contributed by atoms with van der Waals surface area (Å²) in [5.41, 5.74) is 5.31. The van der Waals surface area contributed by atoms with Crippen molar-refractivity contribution in [3.63, 3.8) is 0 Å². The van der Waals surface area contributed by atoms with Crippen LogP contribution in [-0.4, -0.2) is 22.1 Å². The molecule has 0 aliphatic carbocycles. The predicted octanol–water partition coefficient (Wildman–Crippen LogP) is -0.164. The summed E-state index contributed by atoms with van der Waals surface area (Å²) in [6.45, 7) is 1.91. The number of hydrogen-bond donors (Lipinski definition) is 3. The highest BCUT2D eigenvalue weighted by molar-refractivity contribution is 5.89. The van der Waals surface area contributed by atoms with Crippen molar-refractivity contribution in [2.24, 2.45) is 5.73 Å². The van der Waals surface area contributed by atoms with E-state index in [0.717, 1.165) is 6.42 Å². The number of aromatic amines is 1. The second kappa shape index (κ2) is 5.26. The van der Waals surface area contributed by atoms with Crippen molar-refractivity contribution < 1.29 is 4.79 Å². The molecule has 6 heteroatoms. The Morgan fingerprint density at radius 3 is 2.93 bits per heavy atom. The monoisotopic (exact) mass is 210 g/mol. The van der Waals surface area contributed by atoms with Gasteiger partial charge in [-0.15, -0.1) is 0 Å². The van der Waals surface area contributed by atoms with Crippen molar-refractivity contribution in [1.29, 1.82) is 0 Å². The summed E-state index contributed by atoms with van der Waals surface area (Å²) >= 11 is 0. The summed E-state index contributed by atoms with van der Waals surface area (Å²) in [5.74, 6) is 0.117. The summed E-state index contributed by atoms with van der Waals surface area (Å²) in [4.78, 5) is 22.0. The van der Waals surface area contributed by atoms with Crippen molar-refractivity contribution >= 4 is 11.7 Å². The molecule has 82 valence electrons. The van der Waals surface area contributed by atoms with Crippen LogP contribution < -0.4 is 16.6 Å². The Labute approximate surface area is 86.9 Å². The van der Waals surface area contributed by atoms with Crippen molar-refractivity contribution in [3.8, 4) is 0 Å². The molecule has 1 aromatic rings. The average Bonchev–Trinajstić information content (AvgIpc) is 2.21. The van der Waals surface area contributed by atoms with Gasteiger partial charge in [0.05, 0.1) is 0 Å². The van der Waals surface area contributed by atoms with E-state index in [2.05, 4.69) is 15.5 Å². The number of nitrogens with two attached hydrogens (primary N) is 1. The molecule has 6 nitrogen and oxygen atoms in total. The highest BCUT2D eigenvalue weighted by Gasteiger charge is 2.08. The number of carbonyl (C=O) groups is 1. The molecule has 0 aliphatic rings. The average molecular weight is 210 g/mol. The van der Waals surface area contributed by atoms with E-state index in [1.165, 1.54) is 12.1 Å². The lowest BCUT2D eigenvalue weighted by atomic mass is 10.1. The van der Waals surface area contributed by atoms with E-state index in [0.29, 0.717) is 5.82 Å². The first kappa shape index (κ1) is 11.4. The molecule has 0 aromatic carbocycles. The maximum Gasteiger partial charge on any atom is 0.264 e.